The number of rotatable bonds is 8. The summed E-state index contributed by atoms with van der Waals surface area (Å²) in [6.07, 6.45) is 9.80. The fourth-order valence-corrected chi connectivity index (χ4v) is 2.60. The minimum Gasteiger partial charge on any atom is -0.357 e. The van der Waals surface area contributed by atoms with E-state index in [4.69, 9.17) is 0 Å². The summed E-state index contributed by atoms with van der Waals surface area (Å²) in [4.78, 5) is 13.1. The highest BCUT2D eigenvalue weighted by Crippen LogP contribution is 2.06. The lowest BCUT2D eigenvalue weighted by Gasteiger charge is -2.12. The third-order valence-corrected chi connectivity index (χ3v) is 4.00. The van der Waals surface area contributed by atoms with Crippen LogP contribution >= 0.6 is 24.0 Å². The Bertz CT molecular complexity index is 840. The average Bonchev–Trinajstić information content (AvgIpc) is 3.38. The third-order valence-electron chi connectivity index (χ3n) is 4.00. The molecule has 150 valence electrons. The molecule has 3 rings (SSSR count). The van der Waals surface area contributed by atoms with E-state index in [2.05, 4.69) is 47.3 Å². The zero-order chi connectivity index (χ0) is 18.9. The summed E-state index contributed by atoms with van der Waals surface area (Å²) in [7, 11) is 0. The van der Waals surface area contributed by atoms with Crippen molar-refractivity contribution in [3.05, 3.63) is 54.8 Å². The van der Waals surface area contributed by atoms with Gasteiger partial charge < -0.3 is 15.2 Å². The van der Waals surface area contributed by atoms with Gasteiger partial charge in [0, 0.05) is 44.6 Å². The van der Waals surface area contributed by atoms with E-state index in [1.807, 2.05) is 36.0 Å². The first-order valence-electron chi connectivity index (χ1n) is 9.12. The standard InChI is InChI=1S/C18H25N9.HI/c1-3-16-25-24-14-27(16)10-8-21-18(20-4-2)23-12-15-5-6-17(22-11-15)26-9-7-19-13-26;/h5-7,9,11,13-14H,3-4,8,10,12H2,1-2H3,(H2,20,21,23);1H. The molecule has 0 aliphatic carbocycles. The molecular formula is C18H26IN9. The van der Waals surface area contributed by atoms with Crippen LogP contribution in [0.1, 0.15) is 25.2 Å². The quantitative estimate of drug-likeness (QED) is 0.281. The lowest BCUT2D eigenvalue weighted by molar-refractivity contribution is 0.632. The Kier molecular flexibility index (Phi) is 8.85. The van der Waals surface area contributed by atoms with Crippen LogP contribution in [0.25, 0.3) is 5.82 Å². The van der Waals surface area contributed by atoms with Crippen LogP contribution in [0.3, 0.4) is 0 Å². The lowest BCUT2D eigenvalue weighted by Crippen LogP contribution is -2.38. The summed E-state index contributed by atoms with van der Waals surface area (Å²) < 4.78 is 3.92. The molecule has 0 radical (unpaired) electrons. The molecule has 0 saturated heterocycles. The maximum atomic E-state index is 4.63. The minimum atomic E-state index is 0. The number of aryl methyl sites for hydroxylation is 1. The second kappa shape index (κ2) is 11.4. The summed E-state index contributed by atoms with van der Waals surface area (Å²) in [5.74, 6) is 2.61. The second-order valence-corrected chi connectivity index (χ2v) is 5.91. The first-order chi connectivity index (χ1) is 13.3. The van der Waals surface area contributed by atoms with Gasteiger partial charge in [-0.1, -0.05) is 13.0 Å². The summed E-state index contributed by atoms with van der Waals surface area (Å²) in [5.41, 5.74) is 1.04. The van der Waals surface area contributed by atoms with Crippen LogP contribution < -0.4 is 10.6 Å². The molecule has 0 amide bonds. The molecule has 0 aliphatic rings. The molecule has 10 heteroatoms. The van der Waals surface area contributed by atoms with E-state index in [1.165, 1.54) is 0 Å². The molecule has 0 aliphatic heterocycles. The molecular weight excluding hydrogens is 469 g/mol. The Hall–Kier alpha value is -2.50. The van der Waals surface area contributed by atoms with Gasteiger partial charge in [0.1, 0.15) is 24.3 Å². The molecule has 3 heterocycles. The number of aromatic nitrogens is 6. The van der Waals surface area contributed by atoms with Crippen molar-refractivity contribution in [2.24, 2.45) is 4.99 Å². The van der Waals surface area contributed by atoms with Crippen molar-refractivity contribution in [3.63, 3.8) is 0 Å². The first-order valence-corrected chi connectivity index (χ1v) is 9.12. The molecule has 28 heavy (non-hydrogen) atoms. The van der Waals surface area contributed by atoms with E-state index in [9.17, 15) is 0 Å². The molecule has 0 saturated carbocycles. The number of guanidine groups is 1. The van der Waals surface area contributed by atoms with E-state index in [-0.39, 0.29) is 24.0 Å². The number of imidazole rings is 1. The zero-order valence-corrected chi connectivity index (χ0v) is 18.4. The molecule has 0 unspecified atom stereocenters. The van der Waals surface area contributed by atoms with Crippen LogP contribution in [0.4, 0.5) is 0 Å². The molecule has 0 aromatic carbocycles. The highest BCUT2D eigenvalue weighted by molar-refractivity contribution is 14.0. The van der Waals surface area contributed by atoms with Gasteiger partial charge >= 0.3 is 0 Å². The number of nitrogens with one attached hydrogen (secondary N) is 2. The van der Waals surface area contributed by atoms with E-state index in [1.54, 1.807) is 18.9 Å². The van der Waals surface area contributed by atoms with Crippen molar-refractivity contribution in [3.8, 4) is 5.82 Å². The number of nitrogens with zero attached hydrogens (tertiary/aromatic N) is 7. The van der Waals surface area contributed by atoms with E-state index in [0.29, 0.717) is 6.54 Å². The zero-order valence-electron chi connectivity index (χ0n) is 16.1. The number of aliphatic imine (C=N–C) groups is 1. The van der Waals surface area contributed by atoms with E-state index < -0.39 is 0 Å². The molecule has 0 fully saturated rings. The van der Waals surface area contributed by atoms with E-state index in [0.717, 1.165) is 49.2 Å². The Morgan fingerprint density at radius 3 is 2.75 bits per heavy atom. The predicted molar refractivity (Wildman–Crippen MR) is 119 cm³/mol. The van der Waals surface area contributed by atoms with E-state index >= 15 is 0 Å². The molecule has 0 bridgehead atoms. The van der Waals surface area contributed by atoms with Gasteiger partial charge in [-0.05, 0) is 18.6 Å². The Morgan fingerprint density at radius 1 is 1.18 bits per heavy atom. The monoisotopic (exact) mass is 495 g/mol. The smallest absolute Gasteiger partial charge is 0.191 e. The Morgan fingerprint density at radius 2 is 2.07 bits per heavy atom. The van der Waals surface area contributed by atoms with Crippen LogP contribution in [-0.2, 0) is 19.5 Å². The van der Waals surface area contributed by atoms with Gasteiger partial charge in [0.05, 0.1) is 6.54 Å². The molecule has 3 aromatic heterocycles. The van der Waals surface area contributed by atoms with Crippen molar-refractivity contribution in [2.45, 2.75) is 33.4 Å². The largest absolute Gasteiger partial charge is 0.357 e. The van der Waals surface area contributed by atoms with Gasteiger partial charge in [0.2, 0.25) is 0 Å². The fourth-order valence-electron chi connectivity index (χ4n) is 2.60. The Labute approximate surface area is 181 Å². The molecule has 2 N–H and O–H groups in total. The van der Waals surface area contributed by atoms with Crippen LogP contribution in [-0.4, -0.2) is 48.3 Å². The van der Waals surface area contributed by atoms with Crippen molar-refractivity contribution >= 4 is 29.9 Å². The predicted octanol–water partition coefficient (Wildman–Crippen LogP) is 1.79. The van der Waals surface area contributed by atoms with Gasteiger partial charge in [-0.25, -0.2) is 15.0 Å². The van der Waals surface area contributed by atoms with Gasteiger partial charge in [0.25, 0.3) is 0 Å². The van der Waals surface area contributed by atoms with Crippen molar-refractivity contribution in [2.75, 3.05) is 13.1 Å². The van der Waals surface area contributed by atoms with Crippen LogP contribution in [0.2, 0.25) is 0 Å². The number of hydrogen-bond donors (Lipinski definition) is 2. The fraction of sp³-hybridized carbons (Fsp3) is 0.389. The molecule has 3 aromatic rings. The number of hydrogen-bond acceptors (Lipinski definition) is 5. The van der Waals surface area contributed by atoms with Crippen molar-refractivity contribution in [1.29, 1.82) is 0 Å². The average molecular weight is 495 g/mol. The summed E-state index contributed by atoms with van der Waals surface area (Å²) >= 11 is 0. The van der Waals surface area contributed by atoms with Crippen LogP contribution in [0.5, 0.6) is 0 Å². The maximum Gasteiger partial charge on any atom is 0.191 e. The normalized spacial score (nSPS) is 11.1. The highest BCUT2D eigenvalue weighted by atomic mass is 127. The maximum absolute atomic E-state index is 4.63. The highest BCUT2D eigenvalue weighted by Gasteiger charge is 2.03. The van der Waals surface area contributed by atoms with Gasteiger partial charge in [-0.15, -0.1) is 34.2 Å². The number of halogens is 1. The van der Waals surface area contributed by atoms with Gasteiger partial charge in [0.15, 0.2) is 5.96 Å². The van der Waals surface area contributed by atoms with Gasteiger partial charge in [-0.2, -0.15) is 0 Å². The summed E-state index contributed by atoms with van der Waals surface area (Å²) in [6.45, 7) is 7.02. The third kappa shape index (κ3) is 6.01. The first kappa shape index (κ1) is 21.8. The summed E-state index contributed by atoms with van der Waals surface area (Å²) in [6, 6.07) is 3.99. The lowest BCUT2D eigenvalue weighted by atomic mass is 10.3. The molecule has 0 spiro atoms. The van der Waals surface area contributed by atoms with Crippen molar-refractivity contribution in [1.82, 2.24) is 39.9 Å². The van der Waals surface area contributed by atoms with Crippen LogP contribution in [0.15, 0.2) is 48.4 Å². The topological polar surface area (TPSA) is 97.8 Å². The molecule has 9 nitrogen and oxygen atoms in total. The summed E-state index contributed by atoms with van der Waals surface area (Å²) in [5, 5.41) is 14.7. The van der Waals surface area contributed by atoms with Gasteiger partial charge in [-0.3, -0.25) is 4.57 Å². The number of pyridine rings is 1. The Balaban J connectivity index is 0.00000280. The SMILES string of the molecule is CCNC(=NCc1ccc(-n2ccnc2)nc1)NCCn1cnnc1CC.I. The van der Waals surface area contributed by atoms with Crippen LogP contribution in [0, 0.1) is 0 Å². The minimum absolute atomic E-state index is 0. The second-order valence-electron chi connectivity index (χ2n) is 5.91. The van der Waals surface area contributed by atoms with Crippen molar-refractivity contribution < 1.29 is 0 Å². The molecule has 0 atom stereocenters.